The highest BCUT2D eigenvalue weighted by molar-refractivity contribution is 5.81. The number of benzene rings is 1. The maximum absolute atomic E-state index is 11.9. The molecule has 2 heteroatoms. The highest BCUT2D eigenvalue weighted by Gasteiger charge is 2.15. The summed E-state index contributed by atoms with van der Waals surface area (Å²) in [6.07, 6.45) is 7.47. The van der Waals surface area contributed by atoms with E-state index in [-0.39, 0.29) is 5.63 Å². The lowest BCUT2D eigenvalue weighted by atomic mass is 9.86. The average Bonchev–Trinajstić information content (AvgIpc) is 2.40. The molecule has 2 nitrogen and oxygen atoms in total. The van der Waals surface area contributed by atoms with Gasteiger partial charge in [0.25, 0.3) is 0 Å². The van der Waals surface area contributed by atoms with Gasteiger partial charge < -0.3 is 4.42 Å². The zero-order chi connectivity index (χ0) is 12.4. The molecule has 1 saturated carbocycles. The molecule has 0 aliphatic heterocycles. The van der Waals surface area contributed by atoms with E-state index in [9.17, 15) is 4.79 Å². The molecule has 1 heterocycles. The predicted molar refractivity (Wildman–Crippen MR) is 72.8 cm³/mol. The van der Waals surface area contributed by atoms with Crippen LogP contribution in [0.2, 0.25) is 0 Å². The van der Waals surface area contributed by atoms with Crippen molar-refractivity contribution in [3.8, 4) is 0 Å². The maximum Gasteiger partial charge on any atom is 0.343 e. The van der Waals surface area contributed by atoms with Crippen LogP contribution in [0.15, 0.2) is 39.5 Å². The van der Waals surface area contributed by atoms with Crippen molar-refractivity contribution in [2.24, 2.45) is 5.92 Å². The molecule has 0 saturated heterocycles. The molecule has 0 spiro atoms. The van der Waals surface area contributed by atoms with E-state index >= 15 is 0 Å². The van der Waals surface area contributed by atoms with Crippen molar-refractivity contribution in [2.45, 2.75) is 38.5 Å². The van der Waals surface area contributed by atoms with Crippen molar-refractivity contribution >= 4 is 10.8 Å². The van der Waals surface area contributed by atoms with Crippen molar-refractivity contribution in [3.05, 3.63) is 46.5 Å². The summed E-state index contributed by atoms with van der Waals surface area (Å²) in [5.41, 5.74) is -0.195. The van der Waals surface area contributed by atoms with Gasteiger partial charge in [0.05, 0.1) is 5.39 Å². The van der Waals surface area contributed by atoms with Gasteiger partial charge in [0.15, 0.2) is 0 Å². The third-order valence-corrected chi connectivity index (χ3v) is 3.94. The van der Waals surface area contributed by atoms with Crippen LogP contribution in [0.4, 0.5) is 0 Å². The van der Waals surface area contributed by atoms with Crippen LogP contribution in [0.3, 0.4) is 0 Å². The molecule has 0 atom stereocenters. The Labute approximate surface area is 107 Å². The monoisotopic (exact) mass is 242 g/mol. The molecule has 2 aromatic rings. The van der Waals surface area contributed by atoms with E-state index in [1.54, 1.807) is 0 Å². The van der Waals surface area contributed by atoms with Gasteiger partial charge in [-0.05, 0) is 23.4 Å². The zero-order valence-corrected chi connectivity index (χ0v) is 10.5. The van der Waals surface area contributed by atoms with Gasteiger partial charge in [-0.15, -0.1) is 0 Å². The fraction of sp³-hybridized carbons (Fsp3) is 0.438. The lowest BCUT2D eigenvalue weighted by molar-refractivity contribution is 0.327. The van der Waals surface area contributed by atoms with E-state index < -0.39 is 0 Å². The first-order valence-electron chi connectivity index (χ1n) is 6.85. The first kappa shape index (κ1) is 11.5. The Morgan fingerprint density at radius 1 is 1.11 bits per heavy atom. The van der Waals surface area contributed by atoms with Gasteiger partial charge in [0, 0.05) is 6.42 Å². The predicted octanol–water partition coefficient (Wildman–Crippen LogP) is 3.92. The number of hydrogen-bond acceptors (Lipinski definition) is 2. The van der Waals surface area contributed by atoms with Crippen LogP contribution in [-0.4, -0.2) is 0 Å². The van der Waals surface area contributed by atoms with E-state index in [2.05, 4.69) is 0 Å². The minimum atomic E-state index is -0.195. The van der Waals surface area contributed by atoms with Gasteiger partial charge in [0.1, 0.15) is 5.76 Å². The van der Waals surface area contributed by atoms with E-state index in [0.29, 0.717) is 11.3 Å². The highest BCUT2D eigenvalue weighted by atomic mass is 16.4. The quantitative estimate of drug-likeness (QED) is 0.799. The van der Waals surface area contributed by atoms with E-state index in [0.717, 1.165) is 17.6 Å². The van der Waals surface area contributed by atoms with Gasteiger partial charge in [-0.2, -0.15) is 0 Å². The number of fused-ring (bicyclic) bond motifs is 1. The zero-order valence-electron chi connectivity index (χ0n) is 10.5. The van der Waals surface area contributed by atoms with Crippen LogP contribution in [0.1, 0.15) is 37.9 Å². The average molecular weight is 242 g/mol. The second-order valence-electron chi connectivity index (χ2n) is 5.30. The molecular weight excluding hydrogens is 224 g/mol. The summed E-state index contributed by atoms with van der Waals surface area (Å²) < 4.78 is 5.44. The second kappa shape index (κ2) is 4.97. The summed E-state index contributed by atoms with van der Waals surface area (Å²) in [4.78, 5) is 11.9. The van der Waals surface area contributed by atoms with Crippen LogP contribution in [0.25, 0.3) is 10.8 Å². The Kier molecular flexibility index (Phi) is 3.18. The van der Waals surface area contributed by atoms with Gasteiger partial charge in [-0.25, -0.2) is 4.79 Å². The molecule has 1 aromatic heterocycles. The molecule has 1 aromatic carbocycles. The number of rotatable bonds is 2. The molecule has 1 fully saturated rings. The lowest BCUT2D eigenvalue weighted by Gasteiger charge is -2.20. The van der Waals surface area contributed by atoms with Crippen LogP contribution in [0.5, 0.6) is 0 Å². The molecule has 3 rings (SSSR count). The van der Waals surface area contributed by atoms with Gasteiger partial charge in [-0.1, -0.05) is 50.3 Å². The molecule has 0 radical (unpaired) electrons. The maximum atomic E-state index is 11.9. The molecule has 1 aliphatic carbocycles. The van der Waals surface area contributed by atoms with Crippen LogP contribution < -0.4 is 5.63 Å². The van der Waals surface area contributed by atoms with Crippen molar-refractivity contribution in [3.63, 3.8) is 0 Å². The third kappa shape index (κ3) is 2.33. The first-order chi connectivity index (χ1) is 8.83. The first-order valence-corrected chi connectivity index (χ1v) is 6.85. The number of hydrogen-bond donors (Lipinski definition) is 0. The minimum absolute atomic E-state index is 0.195. The largest absolute Gasteiger partial charge is 0.427 e. The van der Waals surface area contributed by atoms with Crippen molar-refractivity contribution < 1.29 is 4.42 Å². The summed E-state index contributed by atoms with van der Waals surface area (Å²) in [5, 5.41) is 1.68. The third-order valence-electron chi connectivity index (χ3n) is 3.94. The second-order valence-corrected chi connectivity index (χ2v) is 5.30. The lowest BCUT2D eigenvalue weighted by Crippen LogP contribution is -2.11. The van der Waals surface area contributed by atoms with Crippen LogP contribution >= 0.6 is 0 Å². The Balaban J connectivity index is 1.90. The van der Waals surface area contributed by atoms with Crippen LogP contribution in [0, 0.1) is 5.92 Å². The fourth-order valence-electron chi connectivity index (χ4n) is 2.96. The van der Waals surface area contributed by atoms with Crippen molar-refractivity contribution in [1.82, 2.24) is 0 Å². The molecule has 94 valence electrons. The molecule has 0 amide bonds. The van der Waals surface area contributed by atoms with Gasteiger partial charge in [0.2, 0.25) is 0 Å². The van der Waals surface area contributed by atoms with E-state index in [4.69, 9.17) is 4.42 Å². The summed E-state index contributed by atoms with van der Waals surface area (Å²) in [7, 11) is 0. The van der Waals surface area contributed by atoms with Gasteiger partial charge in [-0.3, -0.25) is 0 Å². The Hall–Kier alpha value is -1.57. The topological polar surface area (TPSA) is 30.2 Å². The molecule has 1 aliphatic rings. The Bertz CT molecular complexity index is 591. The van der Waals surface area contributed by atoms with E-state index in [1.807, 2.05) is 30.3 Å². The summed E-state index contributed by atoms with van der Waals surface area (Å²) >= 11 is 0. The summed E-state index contributed by atoms with van der Waals surface area (Å²) in [5.74, 6) is 1.55. The van der Waals surface area contributed by atoms with Gasteiger partial charge >= 0.3 is 5.63 Å². The Morgan fingerprint density at radius 3 is 2.72 bits per heavy atom. The standard InChI is InChI=1S/C16H18O2/c17-16-15-9-5-4-8-13(15)11-14(18-16)10-12-6-2-1-3-7-12/h4-5,8-9,11-12H,1-3,6-7,10H2. The SMILES string of the molecule is O=c1oc(CC2CCCCC2)cc2ccccc12. The molecule has 18 heavy (non-hydrogen) atoms. The molecular formula is C16H18O2. The molecule has 0 unspecified atom stereocenters. The highest BCUT2D eigenvalue weighted by Crippen LogP contribution is 2.27. The normalized spacial score (nSPS) is 17.1. The molecule has 0 bridgehead atoms. The fourth-order valence-corrected chi connectivity index (χ4v) is 2.96. The smallest absolute Gasteiger partial charge is 0.343 e. The Morgan fingerprint density at radius 2 is 1.89 bits per heavy atom. The van der Waals surface area contributed by atoms with Crippen molar-refractivity contribution in [2.75, 3.05) is 0 Å². The summed E-state index contributed by atoms with van der Waals surface area (Å²) in [6, 6.07) is 9.68. The summed E-state index contributed by atoms with van der Waals surface area (Å²) in [6.45, 7) is 0. The minimum Gasteiger partial charge on any atom is -0.427 e. The van der Waals surface area contributed by atoms with Crippen molar-refractivity contribution in [1.29, 1.82) is 0 Å². The van der Waals surface area contributed by atoms with E-state index in [1.165, 1.54) is 32.1 Å². The molecule has 0 N–H and O–H groups in total. The van der Waals surface area contributed by atoms with Crippen LogP contribution in [-0.2, 0) is 6.42 Å².